The molecule has 0 aliphatic heterocycles. The third-order valence-electron chi connectivity index (χ3n) is 4.53. The summed E-state index contributed by atoms with van der Waals surface area (Å²) < 4.78 is 7.85. The van der Waals surface area contributed by atoms with E-state index in [1.54, 1.807) is 17.8 Å². The molecule has 0 aliphatic carbocycles. The second-order valence-corrected chi connectivity index (χ2v) is 7.33. The third-order valence-corrected chi connectivity index (χ3v) is 5.47. The number of ether oxygens (including phenoxy) is 1. The van der Waals surface area contributed by atoms with Crippen LogP contribution in [0.3, 0.4) is 0 Å². The van der Waals surface area contributed by atoms with Crippen molar-refractivity contribution in [1.29, 1.82) is 0 Å². The van der Waals surface area contributed by atoms with Gasteiger partial charge in [-0.2, -0.15) is 5.10 Å². The maximum atomic E-state index is 12.9. The average molecular weight is 401 g/mol. The fraction of sp³-hybridized carbons (Fsp3) is 0.0476. The standard InChI is InChI=1S/C21H15N5O2S/c1-28-14-7-8-16-18(11-14)29-21(24-16)25-20(27)15-12-23-26-17(9-10-22-19(15)26)13-5-3-2-4-6-13/h2-12H,1H3,(H,24,25,27). The summed E-state index contributed by atoms with van der Waals surface area (Å²) in [5.74, 6) is 0.447. The topological polar surface area (TPSA) is 81.4 Å². The van der Waals surface area contributed by atoms with Gasteiger partial charge in [0.25, 0.3) is 5.91 Å². The molecule has 29 heavy (non-hydrogen) atoms. The summed E-state index contributed by atoms with van der Waals surface area (Å²) in [5, 5.41) is 7.75. The highest BCUT2D eigenvalue weighted by Gasteiger charge is 2.18. The van der Waals surface area contributed by atoms with Crippen LogP contribution in [0.1, 0.15) is 10.4 Å². The molecule has 0 atom stereocenters. The highest BCUT2D eigenvalue weighted by Crippen LogP contribution is 2.29. The van der Waals surface area contributed by atoms with Gasteiger partial charge in [0.2, 0.25) is 0 Å². The van der Waals surface area contributed by atoms with Gasteiger partial charge in [-0.1, -0.05) is 41.7 Å². The molecule has 0 aliphatic rings. The summed E-state index contributed by atoms with van der Waals surface area (Å²) in [6.07, 6.45) is 3.21. The minimum atomic E-state index is -0.302. The first-order valence-electron chi connectivity index (χ1n) is 8.87. The fourth-order valence-corrected chi connectivity index (χ4v) is 4.02. The summed E-state index contributed by atoms with van der Waals surface area (Å²) in [6.45, 7) is 0. The number of fused-ring (bicyclic) bond motifs is 2. The molecule has 0 spiro atoms. The molecule has 1 N–H and O–H groups in total. The molecule has 142 valence electrons. The lowest BCUT2D eigenvalue weighted by molar-refractivity contribution is 0.102. The van der Waals surface area contributed by atoms with Gasteiger partial charge in [0.05, 0.1) is 29.2 Å². The minimum Gasteiger partial charge on any atom is -0.497 e. The van der Waals surface area contributed by atoms with Crippen molar-refractivity contribution in [2.45, 2.75) is 0 Å². The fourth-order valence-electron chi connectivity index (χ4n) is 3.13. The summed E-state index contributed by atoms with van der Waals surface area (Å²) in [4.78, 5) is 21.7. The molecule has 8 heteroatoms. The van der Waals surface area contributed by atoms with Crippen molar-refractivity contribution >= 4 is 38.2 Å². The molecule has 0 bridgehead atoms. The second kappa shape index (κ2) is 6.99. The number of anilines is 1. The zero-order chi connectivity index (χ0) is 19.8. The highest BCUT2D eigenvalue weighted by atomic mass is 32.1. The van der Waals surface area contributed by atoms with E-state index in [1.165, 1.54) is 17.5 Å². The largest absolute Gasteiger partial charge is 0.497 e. The number of benzene rings is 2. The molecule has 0 unspecified atom stereocenters. The molecular formula is C21H15N5O2S. The summed E-state index contributed by atoms with van der Waals surface area (Å²) in [7, 11) is 1.62. The van der Waals surface area contributed by atoms with Crippen molar-refractivity contribution in [2.24, 2.45) is 0 Å². The molecule has 0 saturated heterocycles. The van der Waals surface area contributed by atoms with E-state index in [0.717, 1.165) is 27.2 Å². The van der Waals surface area contributed by atoms with Crippen LogP contribution in [0.25, 0.3) is 27.1 Å². The van der Waals surface area contributed by atoms with Crippen LogP contribution >= 0.6 is 11.3 Å². The predicted octanol–water partition coefficient (Wildman–Crippen LogP) is 4.27. The number of hydrogen-bond donors (Lipinski definition) is 1. The lowest BCUT2D eigenvalue weighted by Crippen LogP contribution is -2.11. The lowest BCUT2D eigenvalue weighted by Gasteiger charge is -2.04. The number of methoxy groups -OCH3 is 1. The van der Waals surface area contributed by atoms with Crippen LogP contribution in [0.15, 0.2) is 67.0 Å². The van der Waals surface area contributed by atoms with Crippen molar-refractivity contribution < 1.29 is 9.53 Å². The third kappa shape index (κ3) is 3.09. The SMILES string of the molecule is COc1ccc2nc(NC(=O)c3cnn4c(-c5ccccc5)ccnc34)sc2c1. The first-order chi connectivity index (χ1) is 14.2. The van der Waals surface area contributed by atoms with Gasteiger partial charge in [0.15, 0.2) is 10.8 Å². The highest BCUT2D eigenvalue weighted by molar-refractivity contribution is 7.22. The number of carbonyl (C=O) groups excluding carboxylic acids is 1. The predicted molar refractivity (Wildman–Crippen MR) is 113 cm³/mol. The van der Waals surface area contributed by atoms with Crippen LogP contribution in [0, 0.1) is 0 Å². The van der Waals surface area contributed by atoms with Crippen LogP contribution in [-0.4, -0.2) is 32.6 Å². The first kappa shape index (κ1) is 17.3. The number of thiazole rings is 1. The summed E-state index contributed by atoms with van der Waals surface area (Å²) in [5.41, 5.74) is 3.54. The van der Waals surface area contributed by atoms with Crippen molar-refractivity contribution in [3.05, 3.63) is 72.6 Å². The van der Waals surface area contributed by atoms with Gasteiger partial charge in [0, 0.05) is 11.8 Å². The van der Waals surface area contributed by atoms with Gasteiger partial charge >= 0.3 is 0 Å². The van der Waals surface area contributed by atoms with Crippen molar-refractivity contribution in [1.82, 2.24) is 19.6 Å². The minimum absolute atomic E-state index is 0.302. The van der Waals surface area contributed by atoms with E-state index < -0.39 is 0 Å². The van der Waals surface area contributed by atoms with E-state index >= 15 is 0 Å². The Hall–Kier alpha value is -3.78. The zero-order valence-electron chi connectivity index (χ0n) is 15.4. The van der Waals surface area contributed by atoms with Crippen LogP contribution in [-0.2, 0) is 0 Å². The average Bonchev–Trinajstić information content (AvgIpc) is 3.37. The Morgan fingerprint density at radius 3 is 2.83 bits per heavy atom. The Bertz CT molecular complexity index is 1340. The summed E-state index contributed by atoms with van der Waals surface area (Å²) in [6, 6.07) is 17.3. The van der Waals surface area contributed by atoms with Crippen LogP contribution in [0.2, 0.25) is 0 Å². The van der Waals surface area contributed by atoms with Crippen molar-refractivity contribution in [3.63, 3.8) is 0 Å². The number of carbonyl (C=O) groups is 1. The molecule has 0 fully saturated rings. The van der Waals surface area contributed by atoms with Gasteiger partial charge in [-0.05, 0) is 24.3 Å². The van der Waals surface area contributed by atoms with E-state index in [-0.39, 0.29) is 5.91 Å². The van der Waals surface area contributed by atoms with E-state index in [9.17, 15) is 4.79 Å². The van der Waals surface area contributed by atoms with E-state index in [1.807, 2.05) is 54.6 Å². The Kier molecular flexibility index (Phi) is 4.18. The molecule has 0 saturated carbocycles. The van der Waals surface area contributed by atoms with Crippen molar-refractivity contribution in [3.8, 4) is 17.0 Å². The van der Waals surface area contributed by atoms with Crippen LogP contribution in [0.5, 0.6) is 5.75 Å². The molecule has 7 nitrogen and oxygen atoms in total. The molecule has 5 rings (SSSR count). The lowest BCUT2D eigenvalue weighted by atomic mass is 10.1. The normalized spacial score (nSPS) is 11.1. The Morgan fingerprint density at radius 2 is 2.00 bits per heavy atom. The monoisotopic (exact) mass is 401 g/mol. The molecule has 3 aromatic heterocycles. The quantitative estimate of drug-likeness (QED) is 0.486. The number of rotatable bonds is 4. The number of nitrogens with zero attached hydrogens (tertiary/aromatic N) is 4. The molecular weight excluding hydrogens is 386 g/mol. The Labute approximate surface area is 169 Å². The van der Waals surface area contributed by atoms with E-state index in [2.05, 4.69) is 20.4 Å². The van der Waals surface area contributed by atoms with Gasteiger partial charge in [-0.15, -0.1) is 0 Å². The summed E-state index contributed by atoms with van der Waals surface area (Å²) >= 11 is 1.39. The van der Waals surface area contributed by atoms with Crippen molar-refractivity contribution in [2.75, 3.05) is 12.4 Å². The smallest absolute Gasteiger partial charge is 0.262 e. The van der Waals surface area contributed by atoms with E-state index in [0.29, 0.717) is 16.3 Å². The molecule has 1 amide bonds. The molecule has 2 aromatic carbocycles. The zero-order valence-corrected chi connectivity index (χ0v) is 16.2. The van der Waals surface area contributed by atoms with Crippen LogP contribution in [0.4, 0.5) is 5.13 Å². The van der Waals surface area contributed by atoms with Gasteiger partial charge in [-0.25, -0.2) is 14.5 Å². The Morgan fingerprint density at radius 1 is 1.14 bits per heavy atom. The number of nitrogens with one attached hydrogen (secondary N) is 1. The van der Waals surface area contributed by atoms with Gasteiger partial charge < -0.3 is 4.74 Å². The number of hydrogen-bond acceptors (Lipinski definition) is 6. The van der Waals surface area contributed by atoms with E-state index in [4.69, 9.17) is 4.74 Å². The maximum absolute atomic E-state index is 12.9. The van der Waals surface area contributed by atoms with Gasteiger partial charge in [0.1, 0.15) is 11.3 Å². The molecule has 5 aromatic rings. The molecule has 0 radical (unpaired) electrons. The molecule has 3 heterocycles. The van der Waals surface area contributed by atoms with Gasteiger partial charge in [-0.3, -0.25) is 10.1 Å². The second-order valence-electron chi connectivity index (χ2n) is 6.30. The maximum Gasteiger partial charge on any atom is 0.262 e. The van der Waals surface area contributed by atoms with Crippen LogP contribution < -0.4 is 10.1 Å². The number of aromatic nitrogens is 4. The number of amides is 1. The Balaban J connectivity index is 1.49. The first-order valence-corrected chi connectivity index (χ1v) is 9.69.